The number of hydrogen-bond acceptors (Lipinski definition) is 3. The van der Waals surface area contributed by atoms with Crippen LogP contribution >= 0.6 is 11.6 Å². The Morgan fingerprint density at radius 2 is 2.25 bits per heavy atom. The lowest BCUT2D eigenvalue weighted by Crippen LogP contribution is -2.20. The van der Waals surface area contributed by atoms with Gasteiger partial charge in [0.05, 0.1) is 6.26 Å². The molecule has 0 bridgehead atoms. The molecule has 12 heavy (non-hydrogen) atoms. The van der Waals surface area contributed by atoms with Crippen LogP contribution in [0.15, 0.2) is 24.6 Å². The van der Waals surface area contributed by atoms with Gasteiger partial charge in [-0.2, -0.15) is 0 Å². The first kappa shape index (κ1) is 11.0. The van der Waals surface area contributed by atoms with Crippen molar-refractivity contribution in [3.05, 3.63) is 24.6 Å². The standard InChI is InChI=1S/C8H12ClNO2/c1-4-12-8(11)7(5-6-9)10(2)3/h4-5H,1,6H2,2-3H3. The van der Waals surface area contributed by atoms with Crippen LogP contribution in [0.25, 0.3) is 0 Å². The number of carbonyl (C=O) groups is 1. The number of nitrogens with zero attached hydrogens (tertiary/aromatic N) is 1. The molecular weight excluding hydrogens is 178 g/mol. The number of hydrogen-bond donors (Lipinski definition) is 0. The van der Waals surface area contributed by atoms with E-state index in [4.69, 9.17) is 11.6 Å². The molecule has 0 saturated carbocycles. The van der Waals surface area contributed by atoms with Crippen molar-refractivity contribution in [2.45, 2.75) is 0 Å². The second kappa shape index (κ2) is 5.66. The van der Waals surface area contributed by atoms with Gasteiger partial charge in [0.2, 0.25) is 0 Å². The molecule has 0 radical (unpaired) electrons. The van der Waals surface area contributed by atoms with Gasteiger partial charge in [0.15, 0.2) is 0 Å². The van der Waals surface area contributed by atoms with Crippen molar-refractivity contribution in [3.63, 3.8) is 0 Å². The van der Waals surface area contributed by atoms with Crippen LogP contribution in [0.4, 0.5) is 0 Å². The molecule has 0 aromatic carbocycles. The molecule has 68 valence electrons. The van der Waals surface area contributed by atoms with Crippen LogP contribution in [-0.4, -0.2) is 30.8 Å². The topological polar surface area (TPSA) is 29.5 Å². The number of alkyl halides is 1. The van der Waals surface area contributed by atoms with E-state index in [2.05, 4.69) is 11.3 Å². The van der Waals surface area contributed by atoms with Gasteiger partial charge in [-0.25, -0.2) is 4.79 Å². The quantitative estimate of drug-likeness (QED) is 0.290. The van der Waals surface area contributed by atoms with Gasteiger partial charge in [-0.3, -0.25) is 0 Å². The smallest absolute Gasteiger partial charge is 0.359 e. The first-order valence-corrected chi connectivity index (χ1v) is 3.92. The summed E-state index contributed by atoms with van der Waals surface area (Å²) in [6.45, 7) is 3.28. The molecule has 0 N–H and O–H groups in total. The molecule has 0 heterocycles. The number of carbonyl (C=O) groups excluding carboxylic acids is 1. The Hall–Kier alpha value is -0.960. The number of esters is 1. The SMILES string of the molecule is C=COC(=O)C(=CCCl)N(C)C. The maximum Gasteiger partial charge on any atom is 0.359 e. The highest BCUT2D eigenvalue weighted by Gasteiger charge is 2.10. The van der Waals surface area contributed by atoms with Crippen molar-refractivity contribution < 1.29 is 9.53 Å². The lowest BCUT2D eigenvalue weighted by atomic mass is 10.4. The Labute approximate surface area is 77.3 Å². The first-order valence-electron chi connectivity index (χ1n) is 3.38. The minimum atomic E-state index is -0.448. The van der Waals surface area contributed by atoms with Crippen LogP contribution in [0.5, 0.6) is 0 Å². The van der Waals surface area contributed by atoms with Gasteiger partial charge >= 0.3 is 5.97 Å². The minimum absolute atomic E-state index is 0.278. The Kier molecular flexibility index (Phi) is 5.21. The Bertz CT molecular complexity index is 199. The van der Waals surface area contributed by atoms with Crippen LogP contribution in [0.2, 0.25) is 0 Å². The van der Waals surface area contributed by atoms with Crippen molar-refractivity contribution in [2.24, 2.45) is 0 Å². The first-order chi connectivity index (χ1) is 5.63. The van der Waals surface area contributed by atoms with E-state index in [0.29, 0.717) is 5.70 Å². The summed E-state index contributed by atoms with van der Waals surface area (Å²) in [6.07, 6.45) is 2.67. The zero-order chi connectivity index (χ0) is 9.56. The molecular formula is C8H12ClNO2. The lowest BCUT2D eigenvalue weighted by molar-refractivity contribution is -0.135. The van der Waals surface area contributed by atoms with Crippen molar-refractivity contribution >= 4 is 17.6 Å². The van der Waals surface area contributed by atoms with Gasteiger partial charge in [-0.1, -0.05) is 6.58 Å². The van der Waals surface area contributed by atoms with E-state index in [1.165, 1.54) is 0 Å². The highest BCUT2D eigenvalue weighted by molar-refractivity contribution is 6.19. The number of rotatable bonds is 4. The molecule has 0 rings (SSSR count). The Morgan fingerprint density at radius 1 is 1.67 bits per heavy atom. The van der Waals surface area contributed by atoms with Crippen LogP contribution in [-0.2, 0) is 9.53 Å². The third kappa shape index (κ3) is 3.44. The van der Waals surface area contributed by atoms with Crippen LogP contribution in [0, 0.1) is 0 Å². The van der Waals surface area contributed by atoms with E-state index in [9.17, 15) is 4.79 Å². The van der Waals surface area contributed by atoms with E-state index in [1.807, 2.05) is 0 Å². The second-order valence-corrected chi connectivity index (χ2v) is 2.52. The van der Waals surface area contributed by atoms with Crippen molar-refractivity contribution in [1.29, 1.82) is 0 Å². The average Bonchev–Trinajstić information content (AvgIpc) is 1.99. The van der Waals surface area contributed by atoms with Gasteiger partial charge in [0.25, 0.3) is 0 Å². The highest BCUT2D eigenvalue weighted by Crippen LogP contribution is 2.02. The summed E-state index contributed by atoms with van der Waals surface area (Å²) in [4.78, 5) is 12.7. The molecule has 0 saturated heterocycles. The van der Waals surface area contributed by atoms with E-state index >= 15 is 0 Å². The Balaban J connectivity index is 4.40. The number of allylic oxidation sites excluding steroid dienone is 1. The predicted molar refractivity (Wildman–Crippen MR) is 48.8 cm³/mol. The number of ether oxygens (including phenoxy) is 1. The molecule has 0 aromatic heterocycles. The maximum absolute atomic E-state index is 11.1. The lowest BCUT2D eigenvalue weighted by Gasteiger charge is -2.13. The third-order valence-corrected chi connectivity index (χ3v) is 1.31. The van der Waals surface area contributed by atoms with Gasteiger partial charge in [0.1, 0.15) is 5.70 Å². The predicted octanol–water partition coefficient (Wildman–Crippen LogP) is 1.36. The molecule has 0 atom stereocenters. The fourth-order valence-electron chi connectivity index (χ4n) is 0.658. The highest BCUT2D eigenvalue weighted by atomic mass is 35.5. The monoisotopic (exact) mass is 189 g/mol. The third-order valence-electron chi connectivity index (χ3n) is 1.15. The fourth-order valence-corrected chi connectivity index (χ4v) is 0.804. The second-order valence-electron chi connectivity index (χ2n) is 2.21. The molecule has 0 aromatic rings. The summed E-state index contributed by atoms with van der Waals surface area (Å²) in [7, 11) is 3.48. The van der Waals surface area contributed by atoms with E-state index in [0.717, 1.165) is 6.26 Å². The van der Waals surface area contributed by atoms with Crippen LogP contribution in [0.1, 0.15) is 0 Å². The summed E-state index contributed by atoms with van der Waals surface area (Å²) in [6, 6.07) is 0. The normalized spacial score (nSPS) is 10.8. The molecule has 3 nitrogen and oxygen atoms in total. The van der Waals surface area contributed by atoms with E-state index in [-0.39, 0.29) is 5.88 Å². The van der Waals surface area contributed by atoms with E-state index < -0.39 is 5.97 Å². The summed E-state index contributed by atoms with van der Waals surface area (Å²) in [5.74, 6) is -0.171. The van der Waals surface area contributed by atoms with Gasteiger partial charge in [-0.05, 0) is 6.08 Å². The zero-order valence-electron chi connectivity index (χ0n) is 7.21. The summed E-state index contributed by atoms with van der Waals surface area (Å²) in [5.41, 5.74) is 0.421. The zero-order valence-corrected chi connectivity index (χ0v) is 7.97. The molecule has 0 fully saturated rings. The molecule has 0 amide bonds. The van der Waals surface area contributed by atoms with Gasteiger partial charge < -0.3 is 9.64 Å². The molecule has 0 spiro atoms. The average molecular weight is 190 g/mol. The van der Waals surface area contributed by atoms with Crippen molar-refractivity contribution in [3.8, 4) is 0 Å². The van der Waals surface area contributed by atoms with E-state index in [1.54, 1.807) is 25.1 Å². The minimum Gasteiger partial charge on any atom is -0.430 e. The molecule has 0 aliphatic heterocycles. The molecule has 0 unspecified atom stereocenters. The Morgan fingerprint density at radius 3 is 2.58 bits per heavy atom. The largest absolute Gasteiger partial charge is 0.430 e. The maximum atomic E-state index is 11.1. The number of likely N-dealkylation sites (N-methyl/N-ethyl adjacent to an activating group) is 1. The molecule has 0 aliphatic rings. The number of halogens is 1. The summed E-state index contributed by atoms with van der Waals surface area (Å²) >= 11 is 5.45. The fraction of sp³-hybridized carbons (Fsp3) is 0.375. The van der Waals surface area contributed by atoms with Crippen LogP contribution in [0.3, 0.4) is 0 Å². The molecule has 4 heteroatoms. The van der Waals surface area contributed by atoms with Gasteiger partial charge in [-0.15, -0.1) is 11.6 Å². The molecule has 0 aliphatic carbocycles. The van der Waals surface area contributed by atoms with Crippen molar-refractivity contribution in [2.75, 3.05) is 20.0 Å². The summed E-state index contributed by atoms with van der Waals surface area (Å²) < 4.78 is 4.57. The van der Waals surface area contributed by atoms with Crippen LogP contribution < -0.4 is 0 Å². The van der Waals surface area contributed by atoms with Gasteiger partial charge in [0, 0.05) is 20.0 Å². The van der Waals surface area contributed by atoms with Crippen molar-refractivity contribution in [1.82, 2.24) is 4.90 Å². The summed E-state index contributed by atoms with van der Waals surface area (Å²) in [5, 5.41) is 0.